The molecular weight excluding hydrogens is 500 g/mol. The number of ether oxygens (including phenoxy) is 1. The van der Waals surface area contributed by atoms with Gasteiger partial charge in [0.1, 0.15) is 23.0 Å². The summed E-state index contributed by atoms with van der Waals surface area (Å²) in [5, 5.41) is 7.52. The Kier molecular flexibility index (Phi) is 7.69. The molecule has 0 aliphatic rings. The van der Waals surface area contributed by atoms with Crippen LogP contribution in [0.4, 0.5) is 11.4 Å². The zero-order valence-electron chi connectivity index (χ0n) is 20.6. The zero-order chi connectivity index (χ0) is 26.4. The molecule has 0 atom stereocenters. The van der Waals surface area contributed by atoms with Crippen LogP contribution in [-0.2, 0) is 16.4 Å². The highest BCUT2D eigenvalue weighted by atomic mass is 32.2. The molecule has 2 aromatic heterocycles. The van der Waals surface area contributed by atoms with E-state index in [1.165, 1.54) is 0 Å². The highest BCUT2D eigenvalue weighted by Crippen LogP contribution is 2.31. The number of sulfone groups is 1. The fourth-order valence-corrected chi connectivity index (χ4v) is 4.57. The smallest absolute Gasteiger partial charge is 0.164 e. The molecule has 0 radical (unpaired) electrons. The van der Waals surface area contributed by atoms with Gasteiger partial charge in [-0.2, -0.15) is 0 Å². The number of nitrogens with one attached hydrogen (secondary N) is 2. The topological polar surface area (TPSA) is 119 Å². The van der Waals surface area contributed by atoms with E-state index in [4.69, 9.17) is 14.9 Å². The SMILES string of the molecule is NCS(=O)(=O)CCNCc1ccc(-c2ccc3c(Nc4ccc(Oc5ccccc5)cc4)ccnc3c2)o1. The summed E-state index contributed by atoms with van der Waals surface area (Å²) in [6, 6.07) is 29.2. The summed E-state index contributed by atoms with van der Waals surface area (Å²) in [5.41, 5.74) is 8.85. The Labute approximate surface area is 221 Å². The maximum atomic E-state index is 11.5. The van der Waals surface area contributed by atoms with Crippen molar-refractivity contribution in [1.29, 1.82) is 0 Å². The van der Waals surface area contributed by atoms with E-state index >= 15 is 0 Å². The largest absolute Gasteiger partial charge is 0.460 e. The first-order valence-electron chi connectivity index (χ1n) is 12.2. The lowest BCUT2D eigenvalue weighted by molar-refractivity contribution is 0.483. The van der Waals surface area contributed by atoms with Gasteiger partial charge in [0.15, 0.2) is 9.84 Å². The van der Waals surface area contributed by atoms with Crippen LogP contribution in [0.1, 0.15) is 5.76 Å². The molecule has 5 rings (SSSR count). The van der Waals surface area contributed by atoms with Gasteiger partial charge in [0.25, 0.3) is 0 Å². The van der Waals surface area contributed by atoms with Crippen LogP contribution in [0.25, 0.3) is 22.2 Å². The zero-order valence-corrected chi connectivity index (χ0v) is 21.4. The van der Waals surface area contributed by atoms with Crippen LogP contribution in [0.5, 0.6) is 11.5 Å². The number of hydrogen-bond acceptors (Lipinski definition) is 8. The van der Waals surface area contributed by atoms with Gasteiger partial charge >= 0.3 is 0 Å². The van der Waals surface area contributed by atoms with E-state index < -0.39 is 9.84 Å². The van der Waals surface area contributed by atoms with Crippen molar-refractivity contribution in [2.24, 2.45) is 5.73 Å². The van der Waals surface area contributed by atoms with Crippen LogP contribution in [0.3, 0.4) is 0 Å². The normalized spacial score (nSPS) is 11.5. The number of rotatable bonds is 11. The molecule has 194 valence electrons. The molecule has 0 fully saturated rings. The minimum absolute atomic E-state index is 0.00458. The standard InChI is InChI=1S/C29H28N4O4S/c30-20-38(34,35)17-16-31-19-25-11-13-29(37-25)21-6-12-26-27(14-15-32-28(26)18-21)33-22-7-9-24(10-8-22)36-23-4-2-1-3-5-23/h1-15,18,31H,16-17,19-20,30H2,(H,32,33). The van der Waals surface area contributed by atoms with E-state index in [1.54, 1.807) is 6.20 Å². The van der Waals surface area contributed by atoms with Crippen LogP contribution < -0.4 is 21.1 Å². The Morgan fingerprint density at radius 1 is 0.895 bits per heavy atom. The van der Waals surface area contributed by atoms with Crippen LogP contribution in [0, 0.1) is 0 Å². The lowest BCUT2D eigenvalue weighted by Crippen LogP contribution is -2.26. The molecule has 0 aliphatic heterocycles. The minimum atomic E-state index is -3.20. The van der Waals surface area contributed by atoms with Crippen LogP contribution in [0.2, 0.25) is 0 Å². The van der Waals surface area contributed by atoms with Crippen molar-refractivity contribution in [2.75, 3.05) is 23.5 Å². The summed E-state index contributed by atoms with van der Waals surface area (Å²) in [7, 11) is -3.20. The minimum Gasteiger partial charge on any atom is -0.460 e. The molecule has 8 nitrogen and oxygen atoms in total. The number of furan rings is 1. The lowest BCUT2D eigenvalue weighted by atomic mass is 10.1. The van der Waals surface area contributed by atoms with Crippen LogP contribution in [0.15, 0.2) is 102 Å². The van der Waals surface area contributed by atoms with Gasteiger partial charge in [-0.05, 0) is 66.7 Å². The fraction of sp³-hybridized carbons (Fsp3) is 0.138. The Hall–Kier alpha value is -4.18. The Morgan fingerprint density at radius 2 is 1.68 bits per heavy atom. The number of pyridine rings is 1. The van der Waals surface area contributed by atoms with Crippen molar-refractivity contribution in [1.82, 2.24) is 10.3 Å². The third-order valence-electron chi connectivity index (χ3n) is 5.94. The number of nitrogens with zero attached hydrogens (tertiary/aromatic N) is 1. The molecule has 0 saturated carbocycles. The van der Waals surface area contributed by atoms with E-state index in [0.29, 0.717) is 24.6 Å². The predicted octanol–water partition coefficient (Wildman–Crippen LogP) is 5.45. The van der Waals surface area contributed by atoms with E-state index in [9.17, 15) is 8.42 Å². The summed E-state index contributed by atoms with van der Waals surface area (Å²) in [5.74, 6) is 2.64. The summed E-state index contributed by atoms with van der Waals surface area (Å²) >= 11 is 0. The highest BCUT2D eigenvalue weighted by molar-refractivity contribution is 7.91. The van der Waals surface area contributed by atoms with E-state index in [0.717, 1.165) is 39.3 Å². The van der Waals surface area contributed by atoms with Gasteiger partial charge in [0, 0.05) is 35.1 Å². The molecule has 0 unspecified atom stereocenters. The third kappa shape index (κ3) is 6.38. The number of benzene rings is 3. The second-order valence-electron chi connectivity index (χ2n) is 8.71. The summed E-state index contributed by atoms with van der Waals surface area (Å²) in [4.78, 5) is 4.55. The summed E-state index contributed by atoms with van der Waals surface area (Å²) in [6.45, 7) is 0.739. The molecule has 2 heterocycles. The van der Waals surface area contributed by atoms with Crippen molar-refractivity contribution < 1.29 is 17.6 Å². The molecule has 3 aromatic carbocycles. The molecular formula is C29H28N4O4S. The average Bonchev–Trinajstić information content (AvgIpc) is 3.42. The van der Waals surface area contributed by atoms with Gasteiger partial charge in [-0.25, -0.2) is 8.42 Å². The van der Waals surface area contributed by atoms with E-state index in [-0.39, 0.29) is 11.6 Å². The second-order valence-corrected chi connectivity index (χ2v) is 10.9. The van der Waals surface area contributed by atoms with Gasteiger partial charge in [0.05, 0.1) is 23.7 Å². The van der Waals surface area contributed by atoms with E-state index in [2.05, 4.69) is 15.6 Å². The number of nitrogens with two attached hydrogens (primary N) is 1. The second kappa shape index (κ2) is 11.5. The first kappa shape index (κ1) is 25.5. The lowest BCUT2D eigenvalue weighted by Gasteiger charge is -2.11. The first-order chi connectivity index (χ1) is 18.5. The van der Waals surface area contributed by atoms with Gasteiger partial charge < -0.3 is 25.5 Å². The Bertz CT molecular complexity index is 1620. The summed E-state index contributed by atoms with van der Waals surface area (Å²) in [6.07, 6.45) is 1.77. The quantitative estimate of drug-likeness (QED) is 0.194. The molecule has 0 aliphatic carbocycles. The monoisotopic (exact) mass is 528 g/mol. The van der Waals surface area contributed by atoms with Crippen LogP contribution >= 0.6 is 0 Å². The molecule has 5 aromatic rings. The number of hydrogen-bond donors (Lipinski definition) is 3. The maximum Gasteiger partial charge on any atom is 0.164 e. The Morgan fingerprint density at radius 3 is 2.47 bits per heavy atom. The third-order valence-corrected chi connectivity index (χ3v) is 7.28. The number of anilines is 2. The maximum absolute atomic E-state index is 11.5. The predicted molar refractivity (Wildman–Crippen MR) is 150 cm³/mol. The molecule has 4 N–H and O–H groups in total. The molecule has 9 heteroatoms. The fourth-order valence-electron chi connectivity index (χ4n) is 3.95. The van der Waals surface area contributed by atoms with E-state index in [1.807, 2.05) is 91.0 Å². The van der Waals surface area contributed by atoms with Crippen molar-refractivity contribution in [3.05, 3.63) is 103 Å². The van der Waals surface area contributed by atoms with Crippen molar-refractivity contribution in [3.8, 4) is 22.8 Å². The summed E-state index contributed by atoms with van der Waals surface area (Å²) < 4.78 is 34.9. The molecule has 0 bridgehead atoms. The molecule has 0 spiro atoms. The van der Waals surface area contributed by atoms with Crippen molar-refractivity contribution in [2.45, 2.75) is 6.54 Å². The molecule has 38 heavy (non-hydrogen) atoms. The first-order valence-corrected chi connectivity index (χ1v) is 14.0. The number of aromatic nitrogens is 1. The molecule has 0 saturated heterocycles. The highest BCUT2D eigenvalue weighted by Gasteiger charge is 2.10. The van der Waals surface area contributed by atoms with Gasteiger partial charge in [0.2, 0.25) is 0 Å². The Balaban J connectivity index is 1.25. The number of fused-ring (bicyclic) bond motifs is 1. The van der Waals surface area contributed by atoms with Crippen molar-refractivity contribution >= 4 is 32.1 Å². The van der Waals surface area contributed by atoms with Gasteiger partial charge in [-0.3, -0.25) is 4.98 Å². The average molecular weight is 529 g/mol. The van der Waals surface area contributed by atoms with Gasteiger partial charge in [-0.15, -0.1) is 0 Å². The molecule has 0 amide bonds. The van der Waals surface area contributed by atoms with Crippen LogP contribution in [-0.4, -0.2) is 31.6 Å². The van der Waals surface area contributed by atoms with Gasteiger partial charge in [-0.1, -0.05) is 24.3 Å². The van der Waals surface area contributed by atoms with Crippen molar-refractivity contribution in [3.63, 3.8) is 0 Å². The number of para-hydroxylation sites is 1.